The number of aromatic nitrogens is 1. The molecule has 188 valence electrons. The van der Waals surface area contributed by atoms with Gasteiger partial charge in [0.2, 0.25) is 0 Å². The van der Waals surface area contributed by atoms with Gasteiger partial charge in [0, 0.05) is 42.1 Å². The Kier molecular flexibility index (Phi) is 4.65. The smallest absolute Gasteiger partial charge is 0.141 e. The lowest BCUT2D eigenvalue weighted by Crippen LogP contribution is -2.61. The van der Waals surface area contributed by atoms with Gasteiger partial charge in [-0.3, -0.25) is 9.78 Å². The summed E-state index contributed by atoms with van der Waals surface area (Å²) in [6.07, 6.45) is 9.84. The second-order valence-electron chi connectivity index (χ2n) is 12.3. The Morgan fingerprint density at radius 1 is 1.14 bits per heavy atom. The van der Waals surface area contributed by atoms with Gasteiger partial charge in [0.1, 0.15) is 11.9 Å². The van der Waals surface area contributed by atoms with Gasteiger partial charge < -0.3 is 19.8 Å². The van der Waals surface area contributed by atoms with Crippen LogP contribution in [0.2, 0.25) is 0 Å². The van der Waals surface area contributed by atoms with Crippen LogP contribution in [-0.4, -0.2) is 69.4 Å². The first-order valence-electron chi connectivity index (χ1n) is 13.2. The van der Waals surface area contributed by atoms with E-state index in [1.807, 2.05) is 31.3 Å². The van der Waals surface area contributed by atoms with Gasteiger partial charge in [-0.15, -0.1) is 0 Å². The fourth-order valence-corrected chi connectivity index (χ4v) is 8.56. The lowest BCUT2D eigenvalue weighted by molar-refractivity contribution is -0.165. The van der Waals surface area contributed by atoms with Crippen molar-refractivity contribution in [2.45, 2.75) is 74.4 Å². The maximum absolute atomic E-state index is 13.8. The van der Waals surface area contributed by atoms with Gasteiger partial charge in [-0.25, -0.2) is 0 Å². The van der Waals surface area contributed by atoms with E-state index in [1.54, 1.807) is 6.20 Å². The highest BCUT2D eigenvalue weighted by Gasteiger charge is 2.69. The standard InChI is InChI=1S/C30H34N2O4/c1-28-8-6-20-13-21-26(34)27(35)22(32(2)3)15-29(21)9-10-30(20,36-29)24(28)14-23(33)25(28)18-5-4-17-7-11-31-16-19(17)12-18/h4-7,11-13,16,22,24-27,34-35H,8-10,14-15H2,1-3H3. The van der Waals surface area contributed by atoms with Crippen molar-refractivity contribution < 1.29 is 19.7 Å². The Balaban J connectivity index is 1.32. The Morgan fingerprint density at radius 3 is 2.78 bits per heavy atom. The molecule has 1 saturated heterocycles. The minimum Gasteiger partial charge on any atom is -0.388 e. The average Bonchev–Trinajstić information content (AvgIpc) is 3.32. The monoisotopic (exact) mass is 486 g/mol. The SMILES string of the molecule is CN(C)C1CC23CCC4(O2)C(=CCC2(C)C(c5ccc6ccncc6c5)C(=O)CC42)C=C3C(O)C1O. The van der Waals surface area contributed by atoms with Crippen LogP contribution in [0, 0.1) is 11.3 Å². The Morgan fingerprint density at radius 2 is 1.97 bits per heavy atom. The van der Waals surface area contributed by atoms with Crippen molar-refractivity contribution in [3.8, 4) is 0 Å². The van der Waals surface area contributed by atoms with Gasteiger partial charge in [0.15, 0.2) is 0 Å². The maximum atomic E-state index is 13.8. The number of hydrogen-bond donors (Lipinski definition) is 2. The van der Waals surface area contributed by atoms with E-state index in [1.165, 1.54) is 0 Å². The summed E-state index contributed by atoms with van der Waals surface area (Å²) in [6, 6.07) is 8.18. The molecule has 3 heterocycles. The first kappa shape index (κ1) is 22.8. The molecule has 1 aromatic carbocycles. The topological polar surface area (TPSA) is 82.9 Å². The zero-order valence-electron chi connectivity index (χ0n) is 21.1. The van der Waals surface area contributed by atoms with Crippen molar-refractivity contribution in [1.29, 1.82) is 0 Å². The quantitative estimate of drug-likeness (QED) is 0.676. The van der Waals surface area contributed by atoms with Crippen molar-refractivity contribution in [3.63, 3.8) is 0 Å². The van der Waals surface area contributed by atoms with E-state index < -0.39 is 23.4 Å². The molecule has 8 atom stereocenters. The van der Waals surface area contributed by atoms with E-state index >= 15 is 0 Å². The molecule has 0 amide bonds. The zero-order chi connectivity index (χ0) is 25.0. The predicted octanol–water partition coefficient (Wildman–Crippen LogP) is 3.53. The number of fused-ring (bicyclic) bond motifs is 2. The minimum atomic E-state index is -0.944. The van der Waals surface area contributed by atoms with E-state index in [4.69, 9.17) is 4.74 Å². The van der Waals surface area contributed by atoms with Crippen molar-refractivity contribution in [3.05, 3.63) is 65.5 Å². The molecule has 36 heavy (non-hydrogen) atoms. The third kappa shape index (κ3) is 2.76. The van der Waals surface area contributed by atoms with Crippen molar-refractivity contribution in [2.75, 3.05) is 14.1 Å². The average molecular weight is 487 g/mol. The number of rotatable bonds is 2. The number of nitrogens with zero attached hydrogens (tertiary/aromatic N) is 2. The molecule has 1 aromatic heterocycles. The summed E-state index contributed by atoms with van der Waals surface area (Å²) in [5.74, 6) is 0.184. The summed E-state index contributed by atoms with van der Waals surface area (Å²) in [5.41, 5.74) is 1.64. The van der Waals surface area contributed by atoms with Crippen molar-refractivity contribution >= 4 is 16.6 Å². The number of allylic oxidation sites excluding steroid dienone is 1. The first-order valence-corrected chi connectivity index (χ1v) is 13.2. The fourth-order valence-electron chi connectivity index (χ4n) is 8.56. The summed E-state index contributed by atoms with van der Waals surface area (Å²) in [6.45, 7) is 2.28. The van der Waals surface area contributed by atoms with Crippen LogP contribution in [0.1, 0.15) is 50.5 Å². The molecule has 7 rings (SSSR count). The van der Waals surface area contributed by atoms with Crippen LogP contribution < -0.4 is 0 Å². The molecule has 6 heteroatoms. The molecule has 2 aliphatic heterocycles. The second-order valence-corrected chi connectivity index (χ2v) is 12.3. The third-order valence-corrected chi connectivity index (χ3v) is 10.3. The van der Waals surface area contributed by atoms with Crippen molar-refractivity contribution in [1.82, 2.24) is 9.88 Å². The molecule has 2 aromatic rings. The van der Waals surface area contributed by atoms with Crippen LogP contribution in [0.4, 0.5) is 0 Å². The molecule has 8 unspecified atom stereocenters. The molecule has 5 aliphatic rings. The molecule has 0 radical (unpaired) electrons. The number of aliphatic hydroxyl groups is 2. The van der Waals surface area contributed by atoms with E-state index in [2.05, 4.69) is 42.3 Å². The Hall–Kier alpha value is -2.38. The number of ether oxygens (including phenoxy) is 1. The number of carbonyl (C=O) groups excluding carboxylic acids is 1. The number of pyridine rings is 1. The zero-order valence-corrected chi connectivity index (χ0v) is 21.1. The van der Waals surface area contributed by atoms with Gasteiger partial charge in [-0.1, -0.05) is 31.2 Å². The van der Waals surface area contributed by atoms with Crippen LogP contribution in [0.15, 0.2) is 60.0 Å². The number of hydrogen-bond acceptors (Lipinski definition) is 6. The summed E-state index contributed by atoms with van der Waals surface area (Å²) < 4.78 is 7.16. The third-order valence-electron chi connectivity index (χ3n) is 10.3. The molecule has 2 spiro atoms. The highest BCUT2D eigenvalue weighted by atomic mass is 16.5. The summed E-state index contributed by atoms with van der Waals surface area (Å²) >= 11 is 0. The number of benzene rings is 1. The van der Waals surface area contributed by atoms with Crippen LogP contribution in [0.3, 0.4) is 0 Å². The summed E-state index contributed by atoms with van der Waals surface area (Å²) in [4.78, 5) is 20.0. The van der Waals surface area contributed by atoms with Gasteiger partial charge in [-0.05, 0) is 79.4 Å². The van der Waals surface area contributed by atoms with Crippen LogP contribution in [0.5, 0.6) is 0 Å². The predicted molar refractivity (Wildman–Crippen MR) is 136 cm³/mol. The van der Waals surface area contributed by atoms with E-state index in [-0.39, 0.29) is 23.3 Å². The fraction of sp³-hybridized carbons (Fsp3) is 0.533. The Bertz CT molecular complexity index is 1350. The van der Waals surface area contributed by atoms with Crippen LogP contribution in [0.25, 0.3) is 10.8 Å². The van der Waals surface area contributed by atoms with Crippen molar-refractivity contribution in [2.24, 2.45) is 11.3 Å². The maximum Gasteiger partial charge on any atom is 0.141 e. The molecule has 2 N–H and O–H groups in total. The number of aliphatic hydroxyl groups excluding tert-OH is 2. The van der Waals surface area contributed by atoms with Gasteiger partial charge in [0.25, 0.3) is 0 Å². The van der Waals surface area contributed by atoms with Gasteiger partial charge in [0.05, 0.1) is 17.3 Å². The second kappa shape index (κ2) is 7.35. The molecule has 3 fully saturated rings. The normalized spacial score (nSPS) is 43.2. The van der Waals surface area contributed by atoms with Crippen LogP contribution >= 0.6 is 0 Å². The van der Waals surface area contributed by atoms with Crippen LogP contribution in [-0.2, 0) is 9.53 Å². The minimum absolute atomic E-state index is 0.0751. The highest BCUT2D eigenvalue weighted by Crippen LogP contribution is 2.68. The molecule has 2 bridgehead atoms. The number of carbonyl (C=O) groups is 1. The molecular weight excluding hydrogens is 452 g/mol. The molecule has 2 saturated carbocycles. The number of ketones is 1. The largest absolute Gasteiger partial charge is 0.388 e. The van der Waals surface area contributed by atoms with E-state index in [0.29, 0.717) is 18.6 Å². The molecular formula is C30H34N2O4. The first-order chi connectivity index (χ1) is 17.2. The highest BCUT2D eigenvalue weighted by molar-refractivity contribution is 5.92. The number of Topliss-reactive ketones (excluding diaryl/α,β-unsaturated/α-hetero) is 1. The Labute approximate surface area is 211 Å². The molecule has 3 aliphatic carbocycles. The summed E-state index contributed by atoms with van der Waals surface area (Å²) in [5, 5.41) is 24.2. The van der Waals surface area contributed by atoms with Gasteiger partial charge >= 0.3 is 0 Å². The number of likely N-dealkylation sites (N-methyl/N-ethyl adjacent to an activating group) is 1. The van der Waals surface area contributed by atoms with Gasteiger partial charge in [-0.2, -0.15) is 0 Å². The summed E-state index contributed by atoms with van der Waals surface area (Å²) in [7, 11) is 3.89. The molecule has 6 nitrogen and oxygen atoms in total. The van der Waals surface area contributed by atoms with E-state index in [9.17, 15) is 15.0 Å². The lowest BCUT2D eigenvalue weighted by atomic mass is 9.58. The lowest BCUT2D eigenvalue weighted by Gasteiger charge is -2.55. The van der Waals surface area contributed by atoms with E-state index in [0.717, 1.165) is 46.7 Å².